The van der Waals surface area contributed by atoms with Crippen molar-refractivity contribution in [2.75, 3.05) is 34.0 Å². The van der Waals surface area contributed by atoms with Crippen LogP contribution in [0.2, 0.25) is 0 Å². The highest BCUT2D eigenvalue weighted by Crippen LogP contribution is 2.32. The third-order valence-electron chi connectivity index (χ3n) is 4.00. The van der Waals surface area contributed by atoms with Gasteiger partial charge in [0.2, 0.25) is 10.0 Å². The van der Waals surface area contributed by atoms with Gasteiger partial charge < -0.3 is 18.9 Å². The number of sulfonamides is 1. The van der Waals surface area contributed by atoms with E-state index in [2.05, 4.69) is 4.72 Å². The quantitative estimate of drug-likeness (QED) is 0.792. The first-order valence-corrected chi connectivity index (χ1v) is 9.62. The van der Waals surface area contributed by atoms with E-state index >= 15 is 0 Å². The predicted octanol–water partition coefficient (Wildman–Crippen LogP) is 2.00. The number of ether oxygens (including phenoxy) is 4. The summed E-state index contributed by atoms with van der Waals surface area (Å²) in [7, 11) is -0.501. The molecule has 1 N–H and O–H groups in total. The summed E-state index contributed by atoms with van der Waals surface area (Å²) in [5.74, 6) is 2.33. The molecular formula is C18H21NO6S. The molecule has 140 valence electrons. The zero-order valence-corrected chi connectivity index (χ0v) is 15.5. The van der Waals surface area contributed by atoms with Crippen LogP contribution in [0.3, 0.4) is 0 Å². The van der Waals surface area contributed by atoms with Crippen LogP contribution < -0.4 is 23.7 Å². The molecule has 1 aliphatic heterocycles. The van der Waals surface area contributed by atoms with Crippen molar-refractivity contribution in [1.29, 1.82) is 0 Å². The molecule has 7 nitrogen and oxygen atoms in total. The summed E-state index contributed by atoms with van der Waals surface area (Å²) < 4.78 is 48.9. The van der Waals surface area contributed by atoms with Gasteiger partial charge in [-0.1, -0.05) is 6.07 Å². The highest BCUT2D eigenvalue weighted by atomic mass is 32.2. The number of hydrogen-bond donors (Lipinski definition) is 1. The minimum absolute atomic E-state index is 0.142. The van der Waals surface area contributed by atoms with Gasteiger partial charge in [-0.25, -0.2) is 13.1 Å². The van der Waals surface area contributed by atoms with Gasteiger partial charge in [-0.05, 0) is 30.2 Å². The zero-order valence-electron chi connectivity index (χ0n) is 14.7. The SMILES string of the molecule is COc1ccc(CCNS(=O)(=O)c2ccc3c(c2)OCCO3)c(OC)c1. The average Bonchev–Trinajstić information content (AvgIpc) is 2.67. The van der Waals surface area contributed by atoms with E-state index in [1.54, 1.807) is 26.4 Å². The number of nitrogens with one attached hydrogen (secondary N) is 1. The number of rotatable bonds is 7. The Morgan fingerprint density at radius 3 is 2.50 bits per heavy atom. The maximum atomic E-state index is 12.5. The second-order valence-corrected chi connectivity index (χ2v) is 7.40. The largest absolute Gasteiger partial charge is 0.497 e. The summed E-state index contributed by atoms with van der Waals surface area (Å²) >= 11 is 0. The summed E-state index contributed by atoms with van der Waals surface area (Å²) in [5, 5.41) is 0. The number of benzene rings is 2. The molecule has 3 rings (SSSR count). The second-order valence-electron chi connectivity index (χ2n) is 5.63. The summed E-state index contributed by atoms with van der Waals surface area (Å²) in [6.45, 7) is 1.10. The molecule has 0 aromatic heterocycles. The van der Waals surface area contributed by atoms with Gasteiger partial charge in [-0.2, -0.15) is 0 Å². The standard InChI is InChI=1S/C18H21NO6S/c1-22-14-4-3-13(17(11-14)23-2)7-8-19-26(20,21)15-5-6-16-18(12-15)25-10-9-24-16/h3-6,11-12,19H,7-10H2,1-2H3. The molecule has 0 unspecified atom stereocenters. The van der Waals surface area contributed by atoms with E-state index in [4.69, 9.17) is 18.9 Å². The molecule has 8 heteroatoms. The molecule has 0 saturated carbocycles. The molecule has 0 spiro atoms. The first-order chi connectivity index (χ1) is 12.5. The number of fused-ring (bicyclic) bond motifs is 1. The van der Waals surface area contributed by atoms with Crippen LogP contribution in [0.25, 0.3) is 0 Å². The Kier molecular flexibility index (Phi) is 5.53. The zero-order chi connectivity index (χ0) is 18.6. The fraction of sp³-hybridized carbons (Fsp3) is 0.333. The third-order valence-corrected chi connectivity index (χ3v) is 5.46. The summed E-state index contributed by atoms with van der Waals surface area (Å²) in [6.07, 6.45) is 0.483. The van der Waals surface area contributed by atoms with Crippen molar-refractivity contribution >= 4 is 10.0 Å². The summed E-state index contributed by atoms with van der Waals surface area (Å²) in [6, 6.07) is 10.0. The normalized spacial score (nSPS) is 13.3. The monoisotopic (exact) mass is 379 g/mol. The van der Waals surface area contributed by atoms with Crippen molar-refractivity contribution in [3.63, 3.8) is 0 Å². The summed E-state index contributed by atoms with van der Waals surface area (Å²) in [5.41, 5.74) is 0.887. The minimum Gasteiger partial charge on any atom is -0.497 e. The molecule has 0 amide bonds. The lowest BCUT2D eigenvalue weighted by molar-refractivity contribution is 0.171. The molecular weight excluding hydrogens is 358 g/mol. The smallest absolute Gasteiger partial charge is 0.240 e. The molecule has 0 aliphatic carbocycles. The van der Waals surface area contributed by atoms with Gasteiger partial charge >= 0.3 is 0 Å². The predicted molar refractivity (Wildman–Crippen MR) is 95.9 cm³/mol. The summed E-state index contributed by atoms with van der Waals surface area (Å²) in [4.78, 5) is 0.142. The topological polar surface area (TPSA) is 83.1 Å². The van der Waals surface area contributed by atoms with E-state index < -0.39 is 10.0 Å². The van der Waals surface area contributed by atoms with Crippen molar-refractivity contribution in [3.05, 3.63) is 42.0 Å². The van der Waals surface area contributed by atoms with Gasteiger partial charge in [-0.15, -0.1) is 0 Å². The number of methoxy groups -OCH3 is 2. The van der Waals surface area contributed by atoms with Crippen molar-refractivity contribution in [3.8, 4) is 23.0 Å². The van der Waals surface area contributed by atoms with Crippen LogP contribution in [0.4, 0.5) is 0 Å². The van der Waals surface area contributed by atoms with Gasteiger partial charge in [0, 0.05) is 18.7 Å². The van der Waals surface area contributed by atoms with Crippen molar-refractivity contribution in [2.24, 2.45) is 0 Å². The minimum atomic E-state index is -3.65. The van der Waals surface area contributed by atoms with Gasteiger partial charge in [-0.3, -0.25) is 0 Å². The molecule has 26 heavy (non-hydrogen) atoms. The molecule has 2 aromatic carbocycles. The van der Waals surface area contributed by atoms with E-state index in [-0.39, 0.29) is 11.4 Å². The molecule has 0 fully saturated rings. The van der Waals surface area contributed by atoms with Crippen LogP contribution in [0.15, 0.2) is 41.3 Å². The Morgan fingerprint density at radius 2 is 1.77 bits per heavy atom. The molecule has 0 atom stereocenters. The maximum absolute atomic E-state index is 12.5. The maximum Gasteiger partial charge on any atom is 0.240 e. The second kappa shape index (κ2) is 7.84. The van der Waals surface area contributed by atoms with Crippen LogP contribution in [0.5, 0.6) is 23.0 Å². The highest BCUT2D eigenvalue weighted by molar-refractivity contribution is 7.89. The van der Waals surface area contributed by atoms with Gasteiger partial charge in [0.25, 0.3) is 0 Å². The van der Waals surface area contributed by atoms with Crippen LogP contribution >= 0.6 is 0 Å². The van der Waals surface area contributed by atoms with Crippen molar-refractivity contribution < 1.29 is 27.4 Å². The number of hydrogen-bond acceptors (Lipinski definition) is 6. The van der Waals surface area contributed by atoms with E-state index in [0.717, 1.165) is 5.56 Å². The van der Waals surface area contributed by atoms with Crippen LogP contribution in [-0.2, 0) is 16.4 Å². The molecule has 0 saturated heterocycles. The third kappa shape index (κ3) is 4.03. The fourth-order valence-corrected chi connectivity index (χ4v) is 3.70. The van der Waals surface area contributed by atoms with Gasteiger partial charge in [0.15, 0.2) is 11.5 Å². The molecule has 1 heterocycles. The highest BCUT2D eigenvalue weighted by Gasteiger charge is 2.19. The Balaban J connectivity index is 1.67. The van der Waals surface area contributed by atoms with Crippen LogP contribution in [0, 0.1) is 0 Å². The average molecular weight is 379 g/mol. The van der Waals surface area contributed by atoms with Crippen LogP contribution in [-0.4, -0.2) is 42.4 Å². The molecule has 0 radical (unpaired) electrons. The molecule has 0 bridgehead atoms. The van der Waals surface area contributed by atoms with Crippen molar-refractivity contribution in [2.45, 2.75) is 11.3 Å². The first kappa shape index (κ1) is 18.3. The van der Waals surface area contributed by atoms with Crippen LogP contribution in [0.1, 0.15) is 5.56 Å². The lowest BCUT2D eigenvalue weighted by atomic mass is 10.1. The van der Waals surface area contributed by atoms with E-state index in [1.165, 1.54) is 12.1 Å². The van der Waals surface area contributed by atoms with E-state index in [9.17, 15) is 8.42 Å². The molecule has 2 aromatic rings. The fourth-order valence-electron chi connectivity index (χ4n) is 2.65. The van der Waals surface area contributed by atoms with Crippen molar-refractivity contribution in [1.82, 2.24) is 4.72 Å². The van der Waals surface area contributed by atoms with E-state index in [1.807, 2.05) is 12.1 Å². The van der Waals surface area contributed by atoms with Gasteiger partial charge in [0.05, 0.1) is 19.1 Å². The Labute approximate surface area is 152 Å². The molecule has 1 aliphatic rings. The van der Waals surface area contributed by atoms with E-state index in [0.29, 0.717) is 42.6 Å². The lowest BCUT2D eigenvalue weighted by Gasteiger charge is -2.19. The Morgan fingerprint density at radius 1 is 1.00 bits per heavy atom. The Hall–Kier alpha value is -2.45. The Bertz CT molecular complexity index is 881. The lowest BCUT2D eigenvalue weighted by Crippen LogP contribution is -2.26. The first-order valence-electron chi connectivity index (χ1n) is 8.14. The van der Waals surface area contributed by atoms with Gasteiger partial charge in [0.1, 0.15) is 24.7 Å².